The summed E-state index contributed by atoms with van der Waals surface area (Å²) in [5, 5.41) is -0.118. The highest BCUT2D eigenvalue weighted by Crippen LogP contribution is 2.42. The Morgan fingerprint density at radius 1 is 1.29 bits per heavy atom. The van der Waals surface area contributed by atoms with Crippen molar-refractivity contribution in [2.45, 2.75) is 0 Å². The number of hydrogen-bond acceptors (Lipinski definition) is 6. The molecule has 0 fully saturated rings. The van der Waals surface area contributed by atoms with Gasteiger partial charge in [-0.2, -0.15) is 0 Å². The van der Waals surface area contributed by atoms with Crippen LogP contribution in [0, 0.1) is 5.82 Å². The first-order valence-electron chi connectivity index (χ1n) is 6.41. The first-order valence-corrected chi connectivity index (χ1v) is 8.37. The minimum atomic E-state index is -0.784. The first kappa shape index (κ1) is 19.2. The molecule has 0 saturated heterocycles. The molecule has 0 amide bonds. The van der Waals surface area contributed by atoms with E-state index in [1.807, 2.05) is 0 Å². The summed E-state index contributed by atoms with van der Waals surface area (Å²) in [7, 11) is 2.35. The normalized spacial score (nSPS) is 14.7. The van der Waals surface area contributed by atoms with E-state index in [0.717, 1.165) is 0 Å². The summed E-state index contributed by atoms with van der Waals surface area (Å²) < 4.78 is 29.3. The number of nitrogens with zero attached hydrogens (tertiary/aromatic N) is 1. The van der Waals surface area contributed by atoms with Crippen molar-refractivity contribution in [3.8, 4) is 0 Å². The number of benzene rings is 1. The highest BCUT2D eigenvalue weighted by atomic mass is 79.9. The fraction of sp³-hybridized carbons (Fsp3) is 0.286. The van der Waals surface area contributed by atoms with Gasteiger partial charge in [0.25, 0.3) is 0 Å². The van der Waals surface area contributed by atoms with Crippen molar-refractivity contribution in [3.05, 3.63) is 37.1 Å². The van der Waals surface area contributed by atoms with Gasteiger partial charge in [0.05, 0.1) is 41.6 Å². The summed E-state index contributed by atoms with van der Waals surface area (Å²) in [6.07, 6.45) is 0. The Morgan fingerprint density at radius 3 is 2.50 bits per heavy atom. The molecule has 1 aromatic carbocycles. The number of hydrogen-bond donors (Lipinski definition) is 0. The lowest BCUT2D eigenvalue weighted by Gasteiger charge is -2.32. The van der Waals surface area contributed by atoms with Gasteiger partial charge >= 0.3 is 11.9 Å². The van der Waals surface area contributed by atoms with Gasteiger partial charge in [-0.15, -0.1) is 0 Å². The highest BCUT2D eigenvalue weighted by Gasteiger charge is 2.35. The van der Waals surface area contributed by atoms with Crippen molar-refractivity contribution >= 4 is 61.1 Å². The Balaban J connectivity index is 2.71. The smallest absolute Gasteiger partial charge is 0.355 e. The van der Waals surface area contributed by atoms with Gasteiger partial charge in [-0.1, -0.05) is 11.6 Å². The van der Waals surface area contributed by atoms with Crippen LogP contribution >= 0.6 is 43.5 Å². The maximum Gasteiger partial charge on any atom is 0.355 e. The second-order valence-corrected chi connectivity index (χ2v) is 6.59. The van der Waals surface area contributed by atoms with E-state index in [2.05, 4.69) is 36.6 Å². The largest absolute Gasteiger partial charge is 0.466 e. The van der Waals surface area contributed by atoms with E-state index in [0.29, 0.717) is 4.47 Å². The number of halogens is 4. The lowest BCUT2D eigenvalue weighted by molar-refractivity contribution is -0.140. The zero-order chi connectivity index (χ0) is 18.0. The fourth-order valence-electron chi connectivity index (χ4n) is 2.12. The molecule has 0 aliphatic carbocycles. The van der Waals surface area contributed by atoms with E-state index in [-0.39, 0.29) is 39.8 Å². The van der Waals surface area contributed by atoms with E-state index in [1.165, 1.54) is 25.2 Å². The Labute approximate surface area is 158 Å². The fourth-order valence-corrected chi connectivity index (χ4v) is 4.12. The molecule has 0 unspecified atom stereocenters. The minimum Gasteiger partial charge on any atom is -0.466 e. The second-order valence-electron chi connectivity index (χ2n) is 4.53. The van der Waals surface area contributed by atoms with Gasteiger partial charge < -0.3 is 19.1 Å². The predicted octanol–water partition coefficient (Wildman–Crippen LogP) is 3.40. The zero-order valence-corrected chi connectivity index (χ0v) is 16.4. The van der Waals surface area contributed by atoms with Crippen molar-refractivity contribution in [2.75, 3.05) is 32.5 Å². The Hall–Kier alpha value is -1.16. The zero-order valence-electron chi connectivity index (χ0n) is 12.5. The van der Waals surface area contributed by atoms with Gasteiger partial charge in [0.15, 0.2) is 5.82 Å². The Bertz CT molecular complexity index is 740. The molecule has 2 rings (SSSR count). The number of carbonyl (C=O) groups is 2. The number of anilines is 1. The van der Waals surface area contributed by atoms with Gasteiger partial charge in [0.2, 0.25) is 0 Å². The van der Waals surface area contributed by atoms with Crippen molar-refractivity contribution in [2.24, 2.45) is 0 Å². The van der Waals surface area contributed by atoms with Crippen LogP contribution < -0.4 is 4.90 Å². The summed E-state index contributed by atoms with van der Waals surface area (Å²) in [6.45, 7) is -0.248. The maximum absolute atomic E-state index is 14.2. The Kier molecular flexibility index (Phi) is 6.24. The van der Waals surface area contributed by atoms with Crippen molar-refractivity contribution in [1.82, 2.24) is 0 Å². The molecule has 0 aromatic heterocycles. The van der Waals surface area contributed by atoms with E-state index in [9.17, 15) is 14.0 Å². The number of carbonyl (C=O) groups excluding carboxylic acids is 2. The molecule has 24 heavy (non-hydrogen) atoms. The van der Waals surface area contributed by atoms with Crippen molar-refractivity contribution in [1.29, 1.82) is 0 Å². The average molecular weight is 488 g/mol. The summed E-state index contributed by atoms with van der Waals surface area (Å²) in [6, 6.07) is 1.33. The van der Waals surface area contributed by atoms with Crippen LogP contribution in [0.2, 0.25) is 5.02 Å². The summed E-state index contributed by atoms with van der Waals surface area (Å²) in [4.78, 5) is 25.5. The molecular weight excluding hydrogens is 476 g/mol. The van der Waals surface area contributed by atoms with Gasteiger partial charge in [-0.25, -0.2) is 14.0 Å². The van der Waals surface area contributed by atoms with Crippen LogP contribution in [0.4, 0.5) is 10.1 Å². The molecule has 0 N–H and O–H groups in total. The van der Waals surface area contributed by atoms with Crippen LogP contribution in [0.3, 0.4) is 0 Å². The third kappa shape index (κ3) is 3.44. The first-order chi connectivity index (χ1) is 11.3. The van der Waals surface area contributed by atoms with Crippen LogP contribution in [0.5, 0.6) is 0 Å². The summed E-state index contributed by atoms with van der Waals surface area (Å²) in [5.74, 6) is -2.25. The molecule has 1 aliphatic heterocycles. The van der Waals surface area contributed by atoms with Gasteiger partial charge in [-0.3, -0.25) is 0 Å². The molecule has 1 heterocycles. The summed E-state index contributed by atoms with van der Waals surface area (Å²) >= 11 is 12.2. The minimum absolute atomic E-state index is 0.00186. The Morgan fingerprint density at radius 2 is 1.92 bits per heavy atom. The van der Waals surface area contributed by atoms with E-state index in [4.69, 9.17) is 21.1 Å². The SMILES string of the molecule is COC(=O)C1=C(C(=O)OC)N(c2c(Br)cc(Cl)c(F)c2Br)COC1. The number of rotatable bonds is 3. The van der Waals surface area contributed by atoms with E-state index >= 15 is 0 Å². The van der Waals surface area contributed by atoms with Crippen molar-refractivity contribution in [3.63, 3.8) is 0 Å². The second kappa shape index (κ2) is 7.81. The molecule has 10 heteroatoms. The van der Waals surface area contributed by atoms with Crippen molar-refractivity contribution < 1.29 is 28.2 Å². The standard InChI is InChI=1S/C14H11Br2ClFNO5/c1-22-13(20)6-4-24-5-19(11(6)14(21)23-2)12-7(15)3-8(17)10(18)9(12)16/h3H,4-5H2,1-2H3. The van der Waals surface area contributed by atoms with Gasteiger partial charge in [0, 0.05) is 4.47 Å². The molecule has 0 bridgehead atoms. The molecule has 130 valence electrons. The molecule has 6 nitrogen and oxygen atoms in total. The lowest BCUT2D eigenvalue weighted by atomic mass is 10.1. The third-order valence-electron chi connectivity index (χ3n) is 3.19. The molecule has 0 spiro atoms. The van der Waals surface area contributed by atoms with Crippen LogP contribution in [0.15, 0.2) is 26.3 Å². The van der Waals surface area contributed by atoms with Crippen LogP contribution in [0.1, 0.15) is 0 Å². The molecule has 1 aromatic rings. The molecular formula is C14H11Br2ClFNO5. The van der Waals surface area contributed by atoms with Gasteiger partial charge in [0.1, 0.15) is 12.4 Å². The van der Waals surface area contributed by atoms with Crippen LogP contribution in [0.25, 0.3) is 0 Å². The predicted molar refractivity (Wildman–Crippen MR) is 91.2 cm³/mol. The third-order valence-corrected chi connectivity index (χ3v) is 4.80. The molecule has 0 saturated carbocycles. The lowest BCUT2D eigenvalue weighted by Crippen LogP contribution is -2.39. The number of esters is 2. The molecule has 1 aliphatic rings. The molecule has 0 atom stereocenters. The number of methoxy groups -OCH3 is 2. The topological polar surface area (TPSA) is 65.1 Å². The maximum atomic E-state index is 14.2. The van der Waals surface area contributed by atoms with Crippen LogP contribution in [-0.4, -0.2) is 39.5 Å². The quantitative estimate of drug-likeness (QED) is 0.370. The van der Waals surface area contributed by atoms with E-state index in [1.54, 1.807) is 0 Å². The average Bonchev–Trinajstić information content (AvgIpc) is 2.58. The summed E-state index contributed by atoms with van der Waals surface area (Å²) in [5.41, 5.74) is 0.0851. The number of ether oxygens (including phenoxy) is 3. The van der Waals surface area contributed by atoms with Crippen LogP contribution in [-0.2, 0) is 23.8 Å². The monoisotopic (exact) mass is 485 g/mol. The molecule has 0 radical (unpaired) electrons. The highest BCUT2D eigenvalue weighted by molar-refractivity contribution is 9.11. The van der Waals surface area contributed by atoms with Gasteiger partial charge in [-0.05, 0) is 37.9 Å². The van der Waals surface area contributed by atoms with E-state index < -0.39 is 17.8 Å².